The Bertz CT molecular complexity index is 368. The molecule has 0 unspecified atom stereocenters. The van der Waals surface area contributed by atoms with Crippen molar-refractivity contribution in [3.8, 4) is 17.1 Å². The van der Waals surface area contributed by atoms with Crippen LogP contribution in [0, 0.1) is 0 Å². The minimum Gasteiger partial charge on any atom is -0.507 e. The molecule has 0 bridgehead atoms. The smallest absolute Gasteiger partial charge is 0.170 e. The van der Waals surface area contributed by atoms with Crippen LogP contribution in [0.3, 0.4) is 0 Å². The zero-order valence-corrected chi connectivity index (χ0v) is 6.27. The molecule has 3 heteroatoms. The van der Waals surface area contributed by atoms with Crippen LogP contribution in [0.1, 0.15) is 0 Å². The number of phenolic OH excluding ortho intramolecular Hbond substituents is 1. The molecule has 0 aliphatic heterocycles. The number of hydrogen-bond donors (Lipinski definition) is 1. The van der Waals surface area contributed by atoms with E-state index in [1.54, 1.807) is 30.5 Å². The Morgan fingerprint density at radius 2 is 2.00 bits per heavy atom. The van der Waals surface area contributed by atoms with Gasteiger partial charge in [-0.3, -0.25) is 0 Å². The summed E-state index contributed by atoms with van der Waals surface area (Å²) in [4.78, 5) is 0. The maximum absolute atomic E-state index is 9.39. The van der Waals surface area contributed by atoms with Crippen molar-refractivity contribution in [3.05, 3.63) is 36.5 Å². The lowest BCUT2D eigenvalue weighted by atomic mass is 10.1. The van der Waals surface area contributed by atoms with E-state index >= 15 is 0 Å². The summed E-state index contributed by atoms with van der Waals surface area (Å²) in [6, 6.07) is 8.68. The zero-order chi connectivity index (χ0) is 8.39. The van der Waals surface area contributed by atoms with Crippen LogP contribution in [0.15, 0.2) is 41.1 Å². The van der Waals surface area contributed by atoms with Crippen molar-refractivity contribution in [3.63, 3.8) is 0 Å². The summed E-state index contributed by atoms with van der Waals surface area (Å²) in [5.74, 6) is 0.780. The summed E-state index contributed by atoms with van der Waals surface area (Å²) in [5.41, 5.74) is 0.662. The normalized spacial score (nSPS) is 10.0. The first-order valence-corrected chi connectivity index (χ1v) is 3.57. The quantitative estimate of drug-likeness (QED) is 0.696. The van der Waals surface area contributed by atoms with Crippen molar-refractivity contribution in [2.24, 2.45) is 0 Å². The number of aromatic nitrogens is 1. The van der Waals surface area contributed by atoms with Gasteiger partial charge in [0.15, 0.2) is 5.76 Å². The topological polar surface area (TPSA) is 46.3 Å². The van der Waals surface area contributed by atoms with Gasteiger partial charge >= 0.3 is 0 Å². The van der Waals surface area contributed by atoms with Crippen molar-refractivity contribution in [1.82, 2.24) is 5.16 Å². The largest absolute Gasteiger partial charge is 0.507 e. The molecule has 1 heterocycles. The molecule has 1 aromatic heterocycles. The van der Waals surface area contributed by atoms with Crippen LogP contribution in [0.2, 0.25) is 0 Å². The lowest BCUT2D eigenvalue weighted by Crippen LogP contribution is -1.73. The van der Waals surface area contributed by atoms with E-state index in [0.717, 1.165) is 0 Å². The van der Waals surface area contributed by atoms with Gasteiger partial charge in [0, 0.05) is 6.07 Å². The first-order valence-electron chi connectivity index (χ1n) is 3.57. The Kier molecular flexibility index (Phi) is 1.55. The summed E-state index contributed by atoms with van der Waals surface area (Å²) >= 11 is 0. The number of rotatable bonds is 1. The molecular formula is C9H7NO2. The van der Waals surface area contributed by atoms with Crippen molar-refractivity contribution < 1.29 is 9.63 Å². The molecule has 3 nitrogen and oxygen atoms in total. The Balaban J connectivity index is 2.55. The van der Waals surface area contributed by atoms with E-state index in [4.69, 9.17) is 4.52 Å². The maximum atomic E-state index is 9.39. The molecule has 0 aliphatic rings. The van der Waals surface area contributed by atoms with Crippen LogP contribution < -0.4 is 0 Å². The van der Waals surface area contributed by atoms with Gasteiger partial charge < -0.3 is 9.63 Å². The Labute approximate surface area is 69.2 Å². The summed E-state index contributed by atoms with van der Waals surface area (Å²) < 4.78 is 4.89. The molecular weight excluding hydrogens is 154 g/mol. The Morgan fingerprint density at radius 3 is 2.67 bits per heavy atom. The van der Waals surface area contributed by atoms with E-state index in [1.165, 1.54) is 0 Å². The van der Waals surface area contributed by atoms with E-state index < -0.39 is 0 Å². The predicted octanol–water partition coefficient (Wildman–Crippen LogP) is 2.05. The number of nitrogens with zero attached hydrogens (tertiary/aromatic N) is 1. The molecule has 0 aliphatic carbocycles. The summed E-state index contributed by atoms with van der Waals surface area (Å²) in [6.07, 6.45) is 1.54. The van der Waals surface area contributed by atoms with Crippen LogP contribution in [-0.2, 0) is 0 Å². The lowest BCUT2D eigenvalue weighted by molar-refractivity contribution is 0.426. The van der Waals surface area contributed by atoms with E-state index in [9.17, 15) is 5.11 Å². The number of para-hydroxylation sites is 1. The molecule has 0 atom stereocenters. The van der Waals surface area contributed by atoms with Gasteiger partial charge in [-0.2, -0.15) is 0 Å². The van der Waals surface area contributed by atoms with Crippen LogP contribution >= 0.6 is 0 Å². The molecule has 1 N–H and O–H groups in total. The minimum atomic E-state index is 0.203. The average molecular weight is 161 g/mol. The van der Waals surface area contributed by atoms with Crippen molar-refractivity contribution in [1.29, 1.82) is 0 Å². The highest BCUT2D eigenvalue weighted by atomic mass is 16.5. The van der Waals surface area contributed by atoms with Gasteiger partial charge in [-0.25, -0.2) is 0 Å². The monoisotopic (exact) mass is 161 g/mol. The molecule has 0 amide bonds. The number of phenols is 1. The summed E-state index contributed by atoms with van der Waals surface area (Å²) in [6.45, 7) is 0. The highest BCUT2D eigenvalue weighted by Crippen LogP contribution is 2.27. The van der Waals surface area contributed by atoms with Gasteiger partial charge in [-0.15, -0.1) is 0 Å². The first-order chi connectivity index (χ1) is 5.88. The summed E-state index contributed by atoms with van der Waals surface area (Å²) in [7, 11) is 0. The number of benzene rings is 1. The molecule has 0 radical (unpaired) electrons. The molecule has 0 saturated heterocycles. The van der Waals surface area contributed by atoms with E-state index in [0.29, 0.717) is 11.3 Å². The third-order valence-corrected chi connectivity index (χ3v) is 1.61. The third kappa shape index (κ3) is 1.05. The summed E-state index contributed by atoms with van der Waals surface area (Å²) in [5, 5.41) is 12.9. The van der Waals surface area contributed by atoms with Crippen molar-refractivity contribution in [2.75, 3.05) is 0 Å². The molecule has 60 valence electrons. The van der Waals surface area contributed by atoms with E-state index in [1.807, 2.05) is 6.07 Å². The fraction of sp³-hybridized carbons (Fsp3) is 0. The Morgan fingerprint density at radius 1 is 1.17 bits per heavy atom. The standard InChI is InChI=1S/C9H7NO2/c11-8-4-2-1-3-7(8)9-5-6-10-12-9/h1-6,11H. The number of aromatic hydroxyl groups is 1. The molecule has 0 fully saturated rings. The van der Waals surface area contributed by atoms with Crippen LogP contribution in [0.4, 0.5) is 0 Å². The molecule has 0 saturated carbocycles. The van der Waals surface area contributed by atoms with E-state index in [2.05, 4.69) is 5.16 Å². The molecule has 1 aromatic carbocycles. The Hall–Kier alpha value is -1.77. The highest BCUT2D eigenvalue weighted by Gasteiger charge is 2.05. The van der Waals surface area contributed by atoms with Gasteiger partial charge in [0.2, 0.25) is 0 Å². The van der Waals surface area contributed by atoms with E-state index in [-0.39, 0.29) is 5.75 Å². The third-order valence-electron chi connectivity index (χ3n) is 1.61. The van der Waals surface area contributed by atoms with Gasteiger partial charge in [-0.1, -0.05) is 17.3 Å². The van der Waals surface area contributed by atoms with Gasteiger partial charge in [0.25, 0.3) is 0 Å². The first kappa shape index (κ1) is 6.91. The van der Waals surface area contributed by atoms with Crippen molar-refractivity contribution >= 4 is 0 Å². The molecule has 0 spiro atoms. The van der Waals surface area contributed by atoms with Crippen LogP contribution in [0.5, 0.6) is 5.75 Å². The van der Waals surface area contributed by atoms with Gasteiger partial charge in [0.05, 0.1) is 11.8 Å². The molecule has 12 heavy (non-hydrogen) atoms. The second-order valence-electron chi connectivity index (χ2n) is 2.39. The SMILES string of the molecule is Oc1ccccc1-c1ccno1. The minimum absolute atomic E-state index is 0.203. The number of hydrogen-bond acceptors (Lipinski definition) is 3. The van der Waals surface area contributed by atoms with Crippen LogP contribution in [0.25, 0.3) is 11.3 Å². The maximum Gasteiger partial charge on any atom is 0.170 e. The average Bonchev–Trinajstić information content (AvgIpc) is 2.57. The predicted molar refractivity (Wildman–Crippen MR) is 43.6 cm³/mol. The van der Waals surface area contributed by atoms with Gasteiger partial charge in [0.1, 0.15) is 5.75 Å². The lowest BCUT2D eigenvalue weighted by Gasteiger charge is -1.97. The second kappa shape index (κ2) is 2.70. The fourth-order valence-electron chi connectivity index (χ4n) is 1.04. The molecule has 2 aromatic rings. The van der Waals surface area contributed by atoms with Crippen molar-refractivity contribution in [2.45, 2.75) is 0 Å². The molecule has 2 rings (SSSR count). The van der Waals surface area contributed by atoms with Crippen LogP contribution in [-0.4, -0.2) is 10.3 Å². The fourth-order valence-corrected chi connectivity index (χ4v) is 1.04. The highest BCUT2D eigenvalue weighted by molar-refractivity contribution is 5.64. The zero-order valence-electron chi connectivity index (χ0n) is 6.27. The second-order valence-corrected chi connectivity index (χ2v) is 2.39. The van der Waals surface area contributed by atoms with Gasteiger partial charge in [-0.05, 0) is 12.1 Å².